The monoisotopic (exact) mass is 306 g/mol. The molecule has 22 heavy (non-hydrogen) atoms. The molecule has 0 spiro atoms. The average molecular weight is 306 g/mol. The predicted molar refractivity (Wildman–Crippen MR) is 87.4 cm³/mol. The van der Waals surface area contributed by atoms with Gasteiger partial charge < -0.3 is 19.8 Å². The molecular formula is C15H26N6O. The van der Waals surface area contributed by atoms with Crippen molar-refractivity contribution in [2.75, 3.05) is 70.2 Å². The highest BCUT2D eigenvalue weighted by atomic mass is 16.3. The van der Waals surface area contributed by atoms with Gasteiger partial charge in [-0.2, -0.15) is 0 Å². The molecule has 3 rings (SSSR count). The highest BCUT2D eigenvalue weighted by Crippen LogP contribution is 2.28. The number of hydrogen-bond donors (Lipinski definition) is 1. The molecule has 1 aromatic heterocycles. The average Bonchev–Trinajstić information content (AvgIpc) is 2.90. The van der Waals surface area contributed by atoms with Crippen LogP contribution >= 0.6 is 0 Å². The summed E-state index contributed by atoms with van der Waals surface area (Å²) in [5.41, 5.74) is 0. The van der Waals surface area contributed by atoms with Crippen LogP contribution in [0, 0.1) is 0 Å². The maximum atomic E-state index is 10.5. The first-order chi connectivity index (χ1) is 10.6. The molecule has 0 aromatic carbocycles. The molecule has 2 fully saturated rings. The third-order valence-electron chi connectivity index (χ3n) is 4.65. The van der Waals surface area contributed by atoms with E-state index in [1.54, 1.807) is 12.4 Å². The fraction of sp³-hybridized carbons (Fsp3) is 0.733. The minimum atomic E-state index is -0.333. The second kappa shape index (κ2) is 6.36. The molecule has 0 unspecified atom stereocenters. The molecule has 1 aromatic rings. The second-order valence-corrected chi connectivity index (χ2v) is 6.48. The molecular weight excluding hydrogens is 280 g/mol. The van der Waals surface area contributed by atoms with E-state index in [2.05, 4.69) is 31.7 Å². The number of aromatic nitrogens is 2. The van der Waals surface area contributed by atoms with E-state index in [1.807, 2.05) is 19.0 Å². The van der Waals surface area contributed by atoms with Gasteiger partial charge in [-0.05, 0) is 7.05 Å². The zero-order valence-electron chi connectivity index (χ0n) is 13.7. The molecule has 0 aliphatic carbocycles. The summed E-state index contributed by atoms with van der Waals surface area (Å²) in [4.78, 5) is 17.8. The van der Waals surface area contributed by atoms with Crippen molar-refractivity contribution in [2.24, 2.45) is 0 Å². The van der Waals surface area contributed by atoms with Crippen molar-refractivity contribution < 1.29 is 5.11 Å². The summed E-state index contributed by atoms with van der Waals surface area (Å²) in [7, 11) is 6.09. The van der Waals surface area contributed by atoms with Gasteiger partial charge in [0.2, 0.25) is 0 Å². The molecule has 0 bridgehead atoms. The molecule has 0 amide bonds. The standard InChI is InChI=1S/C15H26N6O/c1-18(2)14-15(17-5-4-16-14)21-10-12(13(22)11-21)20-8-6-19(3)7-9-20/h4-5,12-13,22H,6-11H2,1-3H3/t12-,13-/m0/s1. The first kappa shape index (κ1) is 15.5. The van der Waals surface area contributed by atoms with Gasteiger partial charge in [0.1, 0.15) is 0 Å². The molecule has 3 heterocycles. The van der Waals surface area contributed by atoms with Crippen LogP contribution in [0.5, 0.6) is 0 Å². The molecule has 7 nitrogen and oxygen atoms in total. The van der Waals surface area contributed by atoms with E-state index in [9.17, 15) is 5.11 Å². The maximum absolute atomic E-state index is 10.5. The van der Waals surface area contributed by atoms with Gasteiger partial charge in [0.25, 0.3) is 0 Å². The Labute approximate surface area is 132 Å². The Bertz CT molecular complexity index is 503. The number of β-amino-alcohol motifs (C(OH)–C–C–N with tert-alkyl or cyclic N) is 1. The number of hydrogen-bond acceptors (Lipinski definition) is 7. The van der Waals surface area contributed by atoms with Crippen LogP contribution < -0.4 is 9.80 Å². The first-order valence-corrected chi connectivity index (χ1v) is 7.90. The van der Waals surface area contributed by atoms with Crippen molar-refractivity contribution in [1.82, 2.24) is 19.8 Å². The van der Waals surface area contributed by atoms with Crippen molar-refractivity contribution in [2.45, 2.75) is 12.1 Å². The van der Waals surface area contributed by atoms with Crippen LogP contribution in [0.1, 0.15) is 0 Å². The first-order valence-electron chi connectivity index (χ1n) is 7.90. The quantitative estimate of drug-likeness (QED) is 0.795. The Balaban J connectivity index is 1.73. The van der Waals surface area contributed by atoms with Gasteiger partial charge in [-0.15, -0.1) is 0 Å². The molecule has 0 saturated carbocycles. The highest BCUT2D eigenvalue weighted by molar-refractivity contribution is 5.62. The molecule has 0 radical (unpaired) electrons. The van der Waals surface area contributed by atoms with Gasteiger partial charge in [-0.1, -0.05) is 0 Å². The normalized spacial score (nSPS) is 27.4. The van der Waals surface area contributed by atoms with Crippen LogP contribution in [0.15, 0.2) is 12.4 Å². The number of likely N-dealkylation sites (N-methyl/N-ethyl adjacent to an activating group) is 1. The van der Waals surface area contributed by atoms with Crippen molar-refractivity contribution in [3.63, 3.8) is 0 Å². The van der Waals surface area contributed by atoms with Crippen LogP contribution in [-0.2, 0) is 0 Å². The summed E-state index contributed by atoms with van der Waals surface area (Å²) < 4.78 is 0. The SMILES string of the molecule is CN1CCN([C@H]2CN(c3nccnc3N(C)C)C[C@@H]2O)CC1. The Hall–Kier alpha value is -1.44. The zero-order valence-corrected chi connectivity index (χ0v) is 13.7. The van der Waals surface area contributed by atoms with Crippen molar-refractivity contribution in [3.8, 4) is 0 Å². The molecule has 2 aliphatic heterocycles. The van der Waals surface area contributed by atoms with Gasteiger partial charge >= 0.3 is 0 Å². The number of rotatable bonds is 3. The van der Waals surface area contributed by atoms with Crippen LogP contribution in [0.25, 0.3) is 0 Å². The maximum Gasteiger partial charge on any atom is 0.172 e. The third-order valence-corrected chi connectivity index (χ3v) is 4.65. The number of aliphatic hydroxyl groups is 1. The number of aliphatic hydroxyl groups excluding tert-OH is 1. The van der Waals surface area contributed by atoms with Gasteiger partial charge in [0.15, 0.2) is 11.6 Å². The highest BCUT2D eigenvalue weighted by Gasteiger charge is 2.37. The molecule has 122 valence electrons. The fourth-order valence-corrected chi connectivity index (χ4v) is 3.32. The van der Waals surface area contributed by atoms with Gasteiger partial charge in [0, 0.05) is 65.8 Å². The molecule has 1 N–H and O–H groups in total. The largest absolute Gasteiger partial charge is 0.390 e. The summed E-state index contributed by atoms with van der Waals surface area (Å²) in [6.45, 7) is 5.61. The van der Waals surface area contributed by atoms with E-state index in [0.29, 0.717) is 6.54 Å². The Morgan fingerprint density at radius 2 is 1.77 bits per heavy atom. The lowest BCUT2D eigenvalue weighted by molar-refractivity contribution is 0.0512. The second-order valence-electron chi connectivity index (χ2n) is 6.48. The van der Waals surface area contributed by atoms with E-state index in [1.165, 1.54) is 0 Å². The lowest BCUT2D eigenvalue weighted by Crippen LogP contribution is -2.52. The summed E-state index contributed by atoms with van der Waals surface area (Å²) in [5, 5.41) is 10.5. The summed E-state index contributed by atoms with van der Waals surface area (Å²) in [6.07, 6.45) is 3.10. The van der Waals surface area contributed by atoms with Crippen LogP contribution in [0.2, 0.25) is 0 Å². The molecule has 7 heteroatoms. The van der Waals surface area contributed by atoms with Crippen molar-refractivity contribution in [3.05, 3.63) is 12.4 Å². The summed E-state index contributed by atoms with van der Waals surface area (Å²) in [6, 6.07) is 0.186. The number of anilines is 2. The fourth-order valence-electron chi connectivity index (χ4n) is 3.32. The Kier molecular flexibility index (Phi) is 4.46. The minimum absolute atomic E-state index is 0.186. The van der Waals surface area contributed by atoms with Crippen LogP contribution in [-0.4, -0.2) is 97.4 Å². The van der Waals surface area contributed by atoms with E-state index < -0.39 is 0 Å². The van der Waals surface area contributed by atoms with E-state index in [4.69, 9.17) is 0 Å². The number of piperazine rings is 1. The van der Waals surface area contributed by atoms with E-state index in [-0.39, 0.29) is 12.1 Å². The van der Waals surface area contributed by atoms with Crippen LogP contribution in [0.4, 0.5) is 11.6 Å². The van der Waals surface area contributed by atoms with E-state index in [0.717, 1.165) is 44.4 Å². The third kappa shape index (κ3) is 3.02. The molecule has 2 saturated heterocycles. The number of nitrogens with zero attached hydrogens (tertiary/aromatic N) is 6. The summed E-state index contributed by atoms with van der Waals surface area (Å²) in [5.74, 6) is 1.72. The van der Waals surface area contributed by atoms with Crippen LogP contribution in [0.3, 0.4) is 0 Å². The van der Waals surface area contributed by atoms with Gasteiger partial charge in [-0.3, -0.25) is 4.90 Å². The lowest BCUT2D eigenvalue weighted by Gasteiger charge is -2.37. The van der Waals surface area contributed by atoms with Gasteiger partial charge in [0.05, 0.1) is 12.1 Å². The lowest BCUT2D eigenvalue weighted by atomic mass is 10.1. The topological polar surface area (TPSA) is 59.0 Å². The zero-order chi connectivity index (χ0) is 15.7. The molecule has 2 aliphatic rings. The summed E-state index contributed by atoms with van der Waals surface area (Å²) >= 11 is 0. The Morgan fingerprint density at radius 3 is 2.45 bits per heavy atom. The predicted octanol–water partition coefficient (Wildman–Crippen LogP) is -0.660. The Morgan fingerprint density at radius 1 is 1.09 bits per heavy atom. The molecule has 2 atom stereocenters. The van der Waals surface area contributed by atoms with Crippen molar-refractivity contribution in [1.29, 1.82) is 0 Å². The van der Waals surface area contributed by atoms with Crippen molar-refractivity contribution >= 4 is 11.6 Å². The minimum Gasteiger partial charge on any atom is -0.390 e. The smallest absolute Gasteiger partial charge is 0.172 e. The van der Waals surface area contributed by atoms with Gasteiger partial charge in [-0.25, -0.2) is 9.97 Å². The van der Waals surface area contributed by atoms with E-state index >= 15 is 0 Å².